The standard InChI is InChI=1S/C39H39ClO6S/c40-39-32(22-41)21-34(47-39)36-38(45-26-31-19-11-4-12-20-31)37(44-25-30-17-9-3-10-18-30)35(43-24-29-15-7-2-8-16-29)33(46-36)27-42-23-28-13-5-1-6-14-28/h1-21,33,35-38,41H,22-27H2/t33-,35-,36+,37-,38-/m1/s1. The highest BCUT2D eigenvalue weighted by atomic mass is 35.5. The molecule has 1 aliphatic rings. The van der Waals surface area contributed by atoms with Crippen molar-refractivity contribution < 1.29 is 28.8 Å². The first-order valence-electron chi connectivity index (χ1n) is 15.8. The number of aliphatic hydroxyl groups excluding tert-OH is 1. The molecule has 1 aliphatic heterocycles. The molecule has 244 valence electrons. The molecule has 0 amide bonds. The Morgan fingerprint density at radius 1 is 0.596 bits per heavy atom. The predicted molar refractivity (Wildman–Crippen MR) is 184 cm³/mol. The maximum atomic E-state index is 9.99. The normalized spacial score (nSPS) is 21.1. The van der Waals surface area contributed by atoms with Crippen LogP contribution in [0.1, 0.15) is 38.8 Å². The summed E-state index contributed by atoms with van der Waals surface area (Å²) in [6.45, 7) is 1.61. The summed E-state index contributed by atoms with van der Waals surface area (Å²) in [4.78, 5) is 0.847. The van der Waals surface area contributed by atoms with Gasteiger partial charge in [-0.1, -0.05) is 133 Å². The van der Waals surface area contributed by atoms with Crippen molar-refractivity contribution in [3.63, 3.8) is 0 Å². The van der Waals surface area contributed by atoms with E-state index < -0.39 is 30.5 Å². The molecule has 1 saturated heterocycles. The van der Waals surface area contributed by atoms with Gasteiger partial charge in [0.15, 0.2) is 0 Å². The maximum absolute atomic E-state index is 9.99. The van der Waals surface area contributed by atoms with Gasteiger partial charge in [0, 0.05) is 10.4 Å². The first-order valence-corrected chi connectivity index (χ1v) is 17.0. The lowest BCUT2D eigenvalue weighted by Crippen LogP contribution is -2.58. The van der Waals surface area contributed by atoms with Crippen molar-refractivity contribution >= 4 is 22.9 Å². The van der Waals surface area contributed by atoms with Gasteiger partial charge in [0.25, 0.3) is 0 Å². The van der Waals surface area contributed by atoms with Gasteiger partial charge in [-0.05, 0) is 28.3 Å². The number of hydrogen-bond donors (Lipinski definition) is 1. The van der Waals surface area contributed by atoms with Gasteiger partial charge in [0.1, 0.15) is 30.5 Å². The Morgan fingerprint density at radius 2 is 1.04 bits per heavy atom. The van der Waals surface area contributed by atoms with Crippen LogP contribution in [0.4, 0.5) is 0 Å². The highest BCUT2D eigenvalue weighted by Crippen LogP contribution is 2.43. The Labute approximate surface area is 285 Å². The Hall–Kier alpha value is -3.37. The number of halogens is 1. The van der Waals surface area contributed by atoms with Crippen LogP contribution < -0.4 is 0 Å². The number of ether oxygens (including phenoxy) is 5. The molecule has 0 unspecified atom stereocenters. The van der Waals surface area contributed by atoms with Crippen molar-refractivity contribution in [2.45, 2.75) is 63.6 Å². The molecule has 0 aliphatic carbocycles. The van der Waals surface area contributed by atoms with E-state index in [9.17, 15) is 5.11 Å². The molecule has 4 aromatic carbocycles. The molecule has 1 aromatic heterocycles. The van der Waals surface area contributed by atoms with E-state index in [1.807, 2.05) is 127 Å². The summed E-state index contributed by atoms with van der Waals surface area (Å²) in [5.41, 5.74) is 4.83. The summed E-state index contributed by atoms with van der Waals surface area (Å²) in [6, 6.07) is 42.2. The lowest BCUT2D eigenvalue weighted by molar-refractivity contribution is -0.274. The molecule has 8 heteroatoms. The lowest BCUT2D eigenvalue weighted by Gasteiger charge is -2.46. The summed E-state index contributed by atoms with van der Waals surface area (Å²) in [7, 11) is 0. The summed E-state index contributed by atoms with van der Waals surface area (Å²) in [6.07, 6.45) is -2.68. The molecule has 0 saturated carbocycles. The highest BCUT2D eigenvalue weighted by molar-refractivity contribution is 7.16. The number of rotatable bonds is 15. The minimum absolute atomic E-state index is 0.169. The number of thiophene rings is 1. The SMILES string of the molecule is OCc1cc([C@@H]2O[C@H](COCc3ccccc3)[C@@H](OCc3ccccc3)[C@@H](OCc3ccccc3)[C@@H]2OCc2ccccc2)sc1Cl. The number of benzene rings is 4. The predicted octanol–water partition coefficient (Wildman–Crippen LogP) is 8.31. The van der Waals surface area contributed by atoms with Crippen LogP contribution in [0.25, 0.3) is 0 Å². The van der Waals surface area contributed by atoms with E-state index >= 15 is 0 Å². The third kappa shape index (κ3) is 9.16. The average molecular weight is 671 g/mol. The van der Waals surface area contributed by atoms with Crippen LogP contribution in [0.2, 0.25) is 4.34 Å². The lowest BCUT2D eigenvalue weighted by atomic mass is 9.93. The number of hydrogen-bond acceptors (Lipinski definition) is 7. The van der Waals surface area contributed by atoms with E-state index in [0.717, 1.165) is 27.1 Å². The van der Waals surface area contributed by atoms with Crippen LogP contribution in [0.3, 0.4) is 0 Å². The molecule has 1 fully saturated rings. The second-order valence-electron chi connectivity index (χ2n) is 11.5. The third-order valence-electron chi connectivity index (χ3n) is 8.11. The van der Waals surface area contributed by atoms with Crippen molar-refractivity contribution in [3.05, 3.63) is 164 Å². The van der Waals surface area contributed by atoms with Crippen molar-refractivity contribution in [1.82, 2.24) is 0 Å². The van der Waals surface area contributed by atoms with Gasteiger partial charge in [-0.3, -0.25) is 0 Å². The fraction of sp³-hybridized carbons (Fsp3) is 0.282. The van der Waals surface area contributed by atoms with E-state index in [0.29, 0.717) is 36.3 Å². The molecular weight excluding hydrogens is 632 g/mol. The van der Waals surface area contributed by atoms with Crippen LogP contribution in [0.5, 0.6) is 0 Å². The molecule has 47 heavy (non-hydrogen) atoms. The first-order chi connectivity index (χ1) is 23.2. The Bertz CT molecular complexity index is 1620. The Balaban J connectivity index is 1.35. The molecule has 5 atom stereocenters. The summed E-state index contributed by atoms with van der Waals surface area (Å²) < 4.78 is 34.0. The third-order valence-corrected chi connectivity index (χ3v) is 9.61. The summed E-state index contributed by atoms with van der Waals surface area (Å²) in [5.74, 6) is 0. The fourth-order valence-corrected chi connectivity index (χ4v) is 7.04. The van der Waals surface area contributed by atoms with E-state index in [4.69, 9.17) is 35.3 Å². The molecule has 5 aromatic rings. The Kier molecular flexibility index (Phi) is 12.2. The molecule has 0 bridgehead atoms. The molecule has 0 radical (unpaired) electrons. The monoisotopic (exact) mass is 670 g/mol. The van der Waals surface area contributed by atoms with E-state index in [2.05, 4.69) is 0 Å². The molecule has 1 N–H and O–H groups in total. The topological polar surface area (TPSA) is 66.4 Å². The van der Waals surface area contributed by atoms with Crippen molar-refractivity contribution in [1.29, 1.82) is 0 Å². The van der Waals surface area contributed by atoms with E-state index in [1.54, 1.807) is 0 Å². The van der Waals surface area contributed by atoms with Crippen molar-refractivity contribution in [2.24, 2.45) is 0 Å². The summed E-state index contributed by atoms with van der Waals surface area (Å²) >= 11 is 7.96. The Morgan fingerprint density at radius 3 is 1.51 bits per heavy atom. The zero-order valence-electron chi connectivity index (χ0n) is 26.0. The fourth-order valence-electron chi connectivity index (χ4n) is 5.69. The van der Waals surface area contributed by atoms with Crippen molar-refractivity contribution in [3.8, 4) is 0 Å². The molecule has 6 nitrogen and oxygen atoms in total. The van der Waals surface area contributed by atoms with Gasteiger partial charge >= 0.3 is 0 Å². The summed E-state index contributed by atoms with van der Waals surface area (Å²) in [5, 5.41) is 9.99. The van der Waals surface area contributed by atoms with Crippen molar-refractivity contribution in [2.75, 3.05) is 6.61 Å². The minimum atomic E-state index is -0.564. The molecule has 2 heterocycles. The van der Waals surface area contributed by atoms with Crippen LogP contribution >= 0.6 is 22.9 Å². The van der Waals surface area contributed by atoms with Crippen LogP contribution in [0, 0.1) is 0 Å². The maximum Gasteiger partial charge on any atom is 0.121 e. The van der Waals surface area contributed by atoms with Gasteiger partial charge in [0.05, 0.1) is 44.0 Å². The number of aliphatic hydroxyl groups is 1. The van der Waals surface area contributed by atoms with Gasteiger partial charge < -0.3 is 28.8 Å². The second-order valence-corrected chi connectivity index (χ2v) is 13.2. The van der Waals surface area contributed by atoms with Gasteiger partial charge in [-0.15, -0.1) is 11.3 Å². The first kappa shape index (κ1) is 33.5. The second kappa shape index (κ2) is 17.2. The van der Waals surface area contributed by atoms with Gasteiger partial charge in [-0.2, -0.15) is 0 Å². The average Bonchev–Trinajstić information content (AvgIpc) is 3.51. The largest absolute Gasteiger partial charge is 0.392 e. The van der Waals surface area contributed by atoms with Gasteiger partial charge in [-0.25, -0.2) is 0 Å². The van der Waals surface area contributed by atoms with Crippen LogP contribution in [-0.2, 0) is 56.7 Å². The zero-order valence-corrected chi connectivity index (χ0v) is 27.6. The van der Waals surface area contributed by atoms with Gasteiger partial charge in [0.2, 0.25) is 0 Å². The zero-order chi connectivity index (χ0) is 32.3. The van der Waals surface area contributed by atoms with E-state index in [-0.39, 0.29) is 13.2 Å². The quantitative estimate of drug-likeness (QED) is 0.121. The van der Waals surface area contributed by atoms with E-state index in [1.165, 1.54) is 11.3 Å². The molecule has 0 spiro atoms. The minimum Gasteiger partial charge on any atom is -0.392 e. The van der Waals surface area contributed by atoms with Crippen LogP contribution in [-0.4, -0.2) is 36.1 Å². The van der Waals surface area contributed by atoms with Crippen LogP contribution in [0.15, 0.2) is 127 Å². The molecule has 6 rings (SSSR count). The smallest absolute Gasteiger partial charge is 0.121 e. The highest BCUT2D eigenvalue weighted by Gasteiger charge is 2.49. The molecular formula is C39H39ClO6S.